The molecule has 1 aliphatic heterocycles. The van der Waals surface area contributed by atoms with Crippen LogP contribution in [-0.2, 0) is 16.0 Å². The smallest absolute Gasteiger partial charge is 0.234 e. The number of hydrogen-bond donors (Lipinski definition) is 3. The van der Waals surface area contributed by atoms with Gasteiger partial charge in [-0.3, -0.25) is 14.5 Å². The number of nitrogens with one attached hydrogen (secondary N) is 2. The number of nitrogens with zero attached hydrogens (tertiary/aromatic N) is 3. The first-order valence-corrected chi connectivity index (χ1v) is 10.8. The first-order chi connectivity index (χ1) is 14.4. The molecule has 2 aliphatic rings. The maximum atomic E-state index is 12.9. The number of aromatic nitrogens is 2. The molecule has 1 saturated carbocycles. The van der Waals surface area contributed by atoms with Crippen LogP contribution in [0.15, 0.2) is 18.2 Å². The number of likely N-dealkylation sites (N-methyl/N-ethyl adjacent to an activating group) is 1. The molecule has 3 atom stereocenters. The van der Waals surface area contributed by atoms with Gasteiger partial charge in [-0.05, 0) is 50.3 Å². The third-order valence-electron chi connectivity index (χ3n) is 6.51. The number of aliphatic hydroxyl groups excluding tert-OH is 1. The predicted molar refractivity (Wildman–Crippen MR) is 114 cm³/mol. The molecular weight excluding hydrogens is 382 g/mol. The lowest BCUT2D eigenvalue weighted by atomic mass is 9.85. The van der Waals surface area contributed by atoms with Gasteiger partial charge in [0.15, 0.2) is 0 Å². The number of fused-ring (bicyclic) bond motifs is 1. The number of piperazine rings is 1. The zero-order chi connectivity index (χ0) is 21.3. The molecule has 1 aromatic heterocycles. The summed E-state index contributed by atoms with van der Waals surface area (Å²) in [6.07, 6.45) is 3.00. The Morgan fingerprint density at radius 3 is 3.00 bits per heavy atom. The number of aliphatic hydroxyl groups is 1. The van der Waals surface area contributed by atoms with Gasteiger partial charge < -0.3 is 20.3 Å². The highest BCUT2D eigenvalue weighted by Crippen LogP contribution is 2.27. The normalized spacial score (nSPS) is 25.3. The molecule has 1 aliphatic carbocycles. The van der Waals surface area contributed by atoms with Crippen LogP contribution in [0.5, 0.6) is 0 Å². The molecule has 162 valence electrons. The predicted octanol–water partition coefficient (Wildman–Crippen LogP) is 0.976. The van der Waals surface area contributed by atoms with Crippen LogP contribution in [0.25, 0.3) is 11.0 Å². The van der Waals surface area contributed by atoms with Gasteiger partial charge in [-0.15, -0.1) is 0 Å². The van der Waals surface area contributed by atoms with E-state index in [4.69, 9.17) is 0 Å². The molecule has 30 heavy (non-hydrogen) atoms. The number of amides is 2. The van der Waals surface area contributed by atoms with Crippen molar-refractivity contribution in [2.24, 2.45) is 0 Å². The second-order valence-corrected chi connectivity index (χ2v) is 8.55. The van der Waals surface area contributed by atoms with E-state index >= 15 is 0 Å². The lowest BCUT2D eigenvalue weighted by Crippen LogP contribution is -2.61. The van der Waals surface area contributed by atoms with Crippen LogP contribution >= 0.6 is 0 Å². The number of carbonyl (C=O) groups is 2. The number of rotatable bonds is 5. The van der Waals surface area contributed by atoms with E-state index in [0.717, 1.165) is 48.2 Å². The standard InChI is InChI=1S/C22H31N5O3/c1-14-24-16-8-6-15(12-17(16)25-14)7-9-21(29)26(2)18-4-3-5-19(22(18)30)27-11-10-23-20(28)13-27/h6,8,12,18-19,22,30H,3-5,7,9-11,13H2,1-2H3,(H,23,28)(H,24,25)/t18-,19-,22-/m1/s1. The first-order valence-electron chi connectivity index (χ1n) is 10.8. The van der Waals surface area contributed by atoms with Gasteiger partial charge in [-0.1, -0.05) is 6.07 Å². The van der Waals surface area contributed by atoms with E-state index in [0.29, 0.717) is 25.9 Å². The van der Waals surface area contributed by atoms with Gasteiger partial charge in [0.2, 0.25) is 11.8 Å². The minimum absolute atomic E-state index is 0.00411. The molecule has 0 unspecified atom stereocenters. The van der Waals surface area contributed by atoms with Crippen LogP contribution in [0.1, 0.15) is 37.1 Å². The summed E-state index contributed by atoms with van der Waals surface area (Å²) in [4.78, 5) is 36.1. The van der Waals surface area contributed by atoms with Crippen LogP contribution in [-0.4, -0.2) is 81.6 Å². The summed E-state index contributed by atoms with van der Waals surface area (Å²) >= 11 is 0. The molecule has 0 radical (unpaired) electrons. The van der Waals surface area contributed by atoms with Crippen LogP contribution in [0.2, 0.25) is 0 Å². The summed E-state index contributed by atoms with van der Waals surface area (Å²) in [6, 6.07) is 5.76. The Labute approximate surface area is 176 Å². The molecule has 2 fully saturated rings. The molecule has 0 spiro atoms. The SMILES string of the molecule is Cc1nc2ccc(CCC(=O)N(C)[C@@H]3CCC[C@@H](N4CCNC(=O)C4)[C@@H]3O)cc2[nH]1. The largest absolute Gasteiger partial charge is 0.389 e. The van der Waals surface area contributed by atoms with Crippen molar-refractivity contribution in [2.75, 3.05) is 26.7 Å². The monoisotopic (exact) mass is 413 g/mol. The van der Waals surface area contributed by atoms with Gasteiger partial charge in [0.1, 0.15) is 5.82 Å². The van der Waals surface area contributed by atoms with E-state index in [-0.39, 0.29) is 23.9 Å². The lowest BCUT2D eigenvalue weighted by molar-refractivity contribution is -0.139. The molecule has 2 aromatic rings. The maximum absolute atomic E-state index is 12.9. The quantitative estimate of drug-likeness (QED) is 0.678. The Morgan fingerprint density at radius 2 is 2.20 bits per heavy atom. The highest BCUT2D eigenvalue weighted by molar-refractivity contribution is 5.79. The van der Waals surface area contributed by atoms with Gasteiger partial charge in [0, 0.05) is 32.6 Å². The van der Waals surface area contributed by atoms with Crippen molar-refractivity contribution in [1.29, 1.82) is 0 Å². The van der Waals surface area contributed by atoms with Gasteiger partial charge in [0.05, 0.1) is 29.7 Å². The summed E-state index contributed by atoms with van der Waals surface area (Å²) in [7, 11) is 1.79. The average Bonchev–Trinajstić information content (AvgIpc) is 3.11. The second-order valence-electron chi connectivity index (χ2n) is 8.55. The molecule has 1 aromatic carbocycles. The molecule has 3 N–H and O–H groups in total. The van der Waals surface area contributed by atoms with Crippen LogP contribution < -0.4 is 5.32 Å². The fourth-order valence-electron chi connectivity index (χ4n) is 4.85. The number of H-pyrrole nitrogens is 1. The average molecular weight is 414 g/mol. The highest BCUT2D eigenvalue weighted by Gasteiger charge is 2.39. The van der Waals surface area contributed by atoms with Crippen LogP contribution in [0, 0.1) is 6.92 Å². The Kier molecular flexibility index (Phi) is 6.06. The zero-order valence-corrected chi connectivity index (χ0v) is 17.7. The third-order valence-corrected chi connectivity index (χ3v) is 6.51. The topological polar surface area (TPSA) is 102 Å². The molecule has 2 amide bonds. The van der Waals surface area contributed by atoms with Crippen molar-refractivity contribution in [3.63, 3.8) is 0 Å². The van der Waals surface area contributed by atoms with Crippen molar-refractivity contribution in [2.45, 2.75) is 57.2 Å². The molecule has 1 saturated heterocycles. The Hall–Kier alpha value is -2.45. The minimum Gasteiger partial charge on any atom is -0.389 e. The first kappa shape index (κ1) is 20.8. The number of imidazole rings is 1. The second kappa shape index (κ2) is 8.73. The van der Waals surface area contributed by atoms with Crippen molar-refractivity contribution in [1.82, 2.24) is 25.1 Å². The van der Waals surface area contributed by atoms with Crippen molar-refractivity contribution < 1.29 is 14.7 Å². The third kappa shape index (κ3) is 4.34. The summed E-state index contributed by atoms with van der Waals surface area (Å²) in [5.41, 5.74) is 3.01. The van der Waals surface area contributed by atoms with E-state index < -0.39 is 6.10 Å². The molecule has 4 rings (SSSR count). The Morgan fingerprint density at radius 1 is 1.37 bits per heavy atom. The van der Waals surface area contributed by atoms with Crippen molar-refractivity contribution in [3.05, 3.63) is 29.6 Å². The van der Waals surface area contributed by atoms with Crippen molar-refractivity contribution in [3.8, 4) is 0 Å². The number of carbonyl (C=O) groups excluding carboxylic acids is 2. The Balaban J connectivity index is 1.36. The molecule has 8 nitrogen and oxygen atoms in total. The highest BCUT2D eigenvalue weighted by atomic mass is 16.3. The van der Waals surface area contributed by atoms with E-state index in [1.807, 2.05) is 19.1 Å². The number of hydrogen-bond acceptors (Lipinski definition) is 5. The van der Waals surface area contributed by atoms with Gasteiger partial charge in [0.25, 0.3) is 0 Å². The van der Waals surface area contributed by atoms with E-state index in [1.165, 1.54) is 0 Å². The Bertz CT molecular complexity index is 927. The molecular formula is C22H31N5O3. The summed E-state index contributed by atoms with van der Waals surface area (Å²) in [5.74, 6) is 0.923. The van der Waals surface area contributed by atoms with Gasteiger partial charge in [-0.2, -0.15) is 0 Å². The fraction of sp³-hybridized carbons (Fsp3) is 0.591. The van der Waals surface area contributed by atoms with Gasteiger partial charge >= 0.3 is 0 Å². The van der Waals surface area contributed by atoms with E-state index in [9.17, 15) is 14.7 Å². The zero-order valence-electron chi connectivity index (χ0n) is 17.7. The van der Waals surface area contributed by atoms with Crippen molar-refractivity contribution >= 4 is 22.8 Å². The number of aromatic amines is 1. The molecule has 2 heterocycles. The maximum Gasteiger partial charge on any atom is 0.234 e. The summed E-state index contributed by atoms with van der Waals surface area (Å²) in [5, 5.41) is 13.8. The van der Waals surface area contributed by atoms with Crippen LogP contribution in [0.3, 0.4) is 0 Å². The number of aryl methyl sites for hydroxylation is 2. The molecule has 0 bridgehead atoms. The summed E-state index contributed by atoms with van der Waals surface area (Å²) in [6.45, 7) is 3.61. The fourth-order valence-corrected chi connectivity index (χ4v) is 4.85. The summed E-state index contributed by atoms with van der Waals surface area (Å²) < 4.78 is 0. The lowest BCUT2D eigenvalue weighted by Gasteiger charge is -2.45. The number of benzene rings is 1. The van der Waals surface area contributed by atoms with E-state index in [1.54, 1.807) is 11.9 Å². The minimum atomic E-state index is -0.636. The van der Waals surface area contributed by atoms with E-state index in [2.05, 4.69) is 26.3 Å². The van der Waals surface area contributed by atoms with Gasteiger partial charge in [-0.25, -0.2) is 4.98 Å². The molecule has 8 heteroatoms. The van der Waals surface area contributed by atoms with Crippen LogP contribution in [0.4, 0.5) is 0 Å².